The third-order valence-corrected chi connectivity index (χ3v) is 6.77. The van der Waals surface area contributed by atoms with Gasteiger partial charge in [-0.3, -0.25) is 4.79 Å². The van der Waals surface area contributed by atoms with Crippen LogP contribution in [0.25, 0.3) is 15.9 Å². The van der Waals surface area contributed by atoms with E-state index in [1.54, 1.807) is 11.3 Å². The van der Waals surface area contributed by atoms with Crippen LogP contribution in [0.15, 0.2) is 29.3 Å². The number of amides is 1. The molecule has 4 rings (SSSR count). The molecule has 8 nitrogen and oxygen atoms in total. The Kier molecular flexibility index (Phi) is 5.53. The SMILES string of the molecule is CCN(CC)c1ccc(NC(=O)Cn2nc3c4c(C)c(C)sc4ncn3c2=O)c(C)c1. The van der Waals surface area contributed by atoms with E-state index in [0.717, 1.165) is 50.7 Å². The summed E-state index contributed by atoms with van der Waals surface area (Å²) in [6, 6.07) is 5.96. The van der Waals surface area contributed by atoms with Gasteiger partial charge in [0.05, 0.1) is 5.39 Å². The van der Waals surface area contributed by atoms with E-state index in [2.05, 4.69) is 40.2 Å². The molecule has 0 aliphatic carbocycles. The highest BCUT2D eigenvalue weighted by molar-refractivity contribution is 7.18. The smallest absolute Gasteiger partial charge is 0.352 e. The van der Waals surface area contributed by atoms with E-state index in [0.29, 0.717) is 5.65 Å². The van der Waals surface area contributed by atoms with Crippen LogP contribution >= 0.6 is 11.3 Å². The Labute approximate surface area is 184 Å². The number of carbonyl (C=O) groups is 1. The number of nitrogens with zero attached hydrogens (tertiary/aromatic N) is 5. The molecule has 1 aromatic carbocycles. The number of aryl methyl sites for hydroxylation is 3. The van der Waals surface area contributed by atoms with Crippen LogP contribution in [0.1, 0.15) is 29.9 Å². The predicted molar refractivity (Wildman–Crippen MR) is 125 cm³/mol. The molecule has 31 heavy (non-hydrogen) atoms. The quantitative estimate of drug-likeness (QED) is 0.498. The van der Waals surface area contributed by atoms with Gasteiger partial charge >= 0.3 is 5.69 Å². The highest BCUT2D eigenvalue weighted by Gasteiger charge is 2.17. The van der Waals surface area contributed by atoms with Crippen LogP contribution in [0.4, 0.5) is 11.4 Å². The summed E-state index contributed by atoms with van der Waals surface area (Å²) in [7, 11) is 0. The fraction of sp³-hybridized carbons (Fsp3) is 0.364. The van der Waals surface area contributed by atoms with Gasteiger partial charge in [-0.15, -0.1) is 16.4 Å². The molecule has 0 aliphatic heterocycles. The Balaban J connectivity index is 1.60. The van der Waals surface area contributed by atoms with Gasteiger partial charge in [0.25, 0.3) is 0 Å². The number of aromatic nitrogens is 4. The predicted octanol–water partition coefficient (Wildman–Crippen LogP) is 3.52. The molecule has 0 unspecified atom stereocenters. The maximum Gasteiger partial charge on any atom is 0.352 e. The average Bonchev–Trinajstić information content (AvgIpc) is 3.21. The van der Waals surface area contributed by atoms with E-state index >= 15 is 0 Å². The summed E-state index contributed by atoms with van der Waals surface area (Å²) in [5, 5.41) is 8.21. The summed E-state index contributed by atoms with van der Waals surface area (Å²) in [6.45, 7) is 11.9. The first-order valence-electron chi connectivity index (χ1n) is 10.3. The Hall–Kier alpha value is -3.20. The lowest BCUT2D eigenvalue weighted by atomic mass is 10.1. The molecule has 3 heterocycles. The minimum absolute atomic E-state index is 0.165. The maximum absolute atomic E-state index is 12.8. The van der Waals surface area contributed by atoms with Gasteiger partial charge in [0.15, 0.2) is 5.65 Å². The standard InChI is InChI=1S/C22H26N6O2S/c1-6-26(7-2)16-8-9-17(13(3)10-16)24-18(29)11-28-22(30)27-12-23-21-19(20(27)25-28)14(4)15(5)31-21/h8-10,12H,6-7,11H2,1-5H3,(H,24,29). The molecule has 162 valence electrons. The van der Waals surface area contributed by atoms with Crippen molar-refractivity contribution >= 4 is 44.5 Å². The number of rotatable bonds is 6. The van der Waals surface area contributed by atoms with Crippen LogP contribution in [0.2, 0.25) is 0 Å². The normalized spacial score (nSPS) is 11.4. The van der Waals surface area contributed by atoms with Crippen molar-refractivity contribution < 1.29 is 4.79 Å². The Morgan fingerprint density at radius 3 is 2.61 bits per heavy atom. The van der Waals surface area contributed by atoms with Crippen molar-refractivity contribution in [1.82, 2.24) is 19.2 Å². The largest absolute Gasteiger partial charge is 0.372 e. The number of anilines is 2. The number of nitrogens with one attached hydrogen (secondary N) is 1. The van der Waals surface area contributed by atoms with Crippen LogP contribution in [-0.2, 0) is 11.3 Å². The third-order valence-electron chi connectivity index (χ3n) is 5.66. The van der Waals surface area contributed by atoms with Gasteiger partial charge in [-0.1, -0.05) is 0 Å². The number of benzene rings is 1. The van der Waals surface area contributed by atoms with Gasteiger partial charge in [0.1, 0.15) is 17.7 Å². The second-order valence-corrected chi connectivity index (χ2v) is 8.76. The first kappa shape index (κ1) is 21.0. The molecule has 4 aromatic rings. The molecule has 0 fully saturated rings. The van der Waals surface area contributed by atoms with Gasteiger partial charge in [-0.05, 0) is 63.9 Å². The summed E-state index contributed by atoms with van der Waals surface area (Å²) < 4.78 is 2.59. The van der Waals surface area contributed by atoms with Crippen LogP contribution in [-0.4, -0.2) is 38.2 Å². The molecule has 0 saturated heterocycles. The molecular weight excluding hydrogens is 412 g/mol. The van der Waals surface area contributed by atoms with Crippen LogP contribution in [0, 0.1) is 20.8 Å². The van der Waals surface area contributed by atoms with Crippen molar-refractivity contribution in [2.45, 2.75) is 41.2 Å². The highest BCUT2D eigenvalue weighted by Crippen LogP contribution is 2.30. The fourth-order valence-electron chi connectivity index (χ4n) is 3.77. The first-order chi connectivity index (χ1) is 14.8. The number of hydrogen-bond acceptors (Lipinski definition) is 6. The molecule has 0 bridgehead atoms. The first-order valence-corrected chi connectivity index (χ1v) is 11.1. The zero-order valence-electron chi connectivity index (χ0n) is 18.4. The van der Waals surface area contributed by atoms with E-state index in [1.165, 1.54) is 15.4 Å². The Morgan fingerprint density at radius 1 is 1.19 bits per heavy atom. The topological polar surface area (TPSA) is 84.5 Å². The zero-order chi connectivity index (χ0) is 22.3. The van der Waals surface area contributed by atoms with Crippen molar-refractivity contribution in [3.05, 3.63) is 51.0 Å². The monoisotopic (exact) mass is 438 g/mol. The molecule has 0 spiro atoms. The average molecular weight is 439 g/mol. The lowest BCUT2D eigenvalue weighted by Crippen LogP contribution is -2.28. The summed E-state index contributed by atoms with van der Waals surface area (Å²) in [5.74, 6) is -0.299. The Morgan fingerprint density at radius 2 is 1.94 bits per heavy atom. The molecule has 0 atom stereocenters. The van der Waals surface area contributed by atoms with Gasteiger partial charge in [-0.2, -0.15) is 0 Å². The van der Waals surface area contributed by atoms with Crippen LogP contribution < -0.4 is 15.9 Å². The van der Waals surface area contributed by atoms with Crippen molar-refractivity contribution in [2.75, 3.05) is 23.3 Å². The Bertz CT molecular complexity index is 1350. The molecular formula is C22H26N6O2S. The van der Waals surface area contributed by atoms with Crippen molar-refractivity contribution in [2.24, 2.45) is 0 Å². The minimum atomic E-state index is -0.378. The number of carbonyl (C=O) groups excluding carboxylic acids is 1. The van der Waals surface area contributed by atoms with Crippen molar-refractivity contribution in [1.29, 1.82) is 0 Å². The summed E-state index contributed by atoms with van der Waals surface area (Å²) in [6.07, 6.45) is 1.48. The summed E-state index contributed by atoms with van der Waals surface area (Å²) in [5.41, 5.74) is 4.03. The van der Waals surface area contributed by atoms with Crippen molar-refractivity contribution in [3.8, 4) is 0 Å². The van der Waals surface area contributed by atoms with Crippen LogP contribution in [0.5, 0.6) is 0 Å². The lowest BCUT2D eigenvalue weighted by molar-refractivity contribution is -0.117. The van der Waals surface area contributed by atoms with Crippen LogP contribution in [0.3, 0.4) is 0 Å². The van der Waals surface area contributed by atoms with Crippen molar-refractivity contribution in [3.63, 3.8) is 0 Å². The minimum Gasteiger partial charge on any atom is -0.372 e. The van der Waals surface area contributed by atoms with E-state index in [1.807, 2.05) is 32.9 Å². The van der Waals surface area contributed by atoms with Gasteiger partial charge in [0, 0.05) is 29.3 Å². The molecule has 0 radical (unpaired) electrons. The highest BCUT2D eigenvalue weighted by atomic mass is 32.1. The third kappa shape index (κ3) is 3.69. The molecule has 3 aromatic heterocycles. The second kappa shape index (κ2) is 8.14. The van der Waals surface area contributed by atoms with Gasteiger partial charge in [0.2, 0.25) is 5.91 Å². The van der Waals surface area contributed by atoms with Gasteiger partial charge in [-0.25, -0.2) is 18.9 Å². The second-order valence-electron chi connectivity index (χ2n) is 7.56. The van der Waals surface area contributed by atoms with E-state index in [-0.39, 0.29) is 18.1 Å². The lowest BCUT2D eigenvalue weighted by Gasteiger charge is -2.22. The zero-order valence-corrected chi connectivity index (χ0v) is 19.2. The van der Waals surface area contributed by atoms with E-state index in [9.17, 15) is 9.59 Å². The molecule has 0 aliphatic rings. The number of hydrogen-bond donors (Lipinski definition) is 1. The summed E-state index contributed by atoms with van der Waals surface area (Å²) in [4.78, 5) is 34.1. The molecule has 1 amide bonds. The summed E-state index contributed by atoms with van der Waals surface area (Å²) >= 11 is 1.57. The van der Waals surface area contributed by atoms with Gasteiger partial charge < -0.3 is 10.2 Å². The maximum atomic E-state index is 12.8. The number of fused-ring (bicyclic) bond motifs is 3. The van der Waals surface area contributed by atoms with E-state index < -0.39 is 0 Å². The van der Waals surface area contributed by atoms with E-state index in [4.69, 9.17) is 0 Å². The molecule has 1 N–H and O–H groups in total. The molecule has 9 heteroatoms. The fourth-order valence-corrected chi connectivity index (χ4v) is 4.76. The molecule has 0 saturated carbocycles. The number of thiophene rings is 1.